The normalized spacial score (nSPS) is 13.1. The second-order valence-corrected chi connectivity index (χ2v) is 6.40. The Kier molecular flexibility index (Phi) is 3.69. The highest BCUT2D eigenvalue weighted by molar-refractivity contribution is 9.10. The molecule has 1 aromatic heterocycles. The molecule has 0 unspecified atom stereocenters. The van der Waals surface area contributed by atoms with Crippen molar-refractivity contribution < 1.29 is 18.7 Å². The van der Waals surface area contributed by atoms with Crippen LogP contribution in [0.4, 0.5) is 5.69 Å². The largest absolute Gasteiger partial charge is 0.486 e. The zero-order valence-corrected chi connectivity index (χ0v) is 14.5. The molecule has 1 N–H and O–H groups in total. The molecule has 3 aromatic rings. The van der Waals surface area contributed by atoms with E-state index in [1.807, 2.05) is 37.3 Å². The van der Waals surface area contributed by atoms with Gasteiger partial charge in [0.1, 0.15) is 18.8 Å². The molecule has 2 aromatic carbocycles. The summed E-state index contributed by atoms with van der Waals surface area (Å²) in [5, 5.41) is 3.77. The van der Waals surface area contributed by atoms with Gasteiger partial charge in [-0.3, -0.25) is 4.79 Å². The third kappa shape index (κ3) is 2.53. The first-order valence-corrected chi connectivity index (χ1v) is 8.31. The van der Waals surface area contributed by atoms with Crippen LogP contribution in [0, 0.1) is 6.92 Å². The molecule has 122 valence electrons. The second-order valence-electron chi connectivity index (χ2n) is 5.48. The number of benzene rings is 2. The first kappa shape index (κ1) is 15.1. The summed E-state index contributed by atoms with van der Waals surface area (Å²) in [7, 11) is 0. The molecule has 24 heavy (non-hydrogen) atoms. The fourth-order valence-electron chi connectivity index (χ4n) is 2.77. The van der Waals surface area contributed by atoms with Crippen LogP contribution in [-0.2, 0) is 0 Å². The number of hydrogen-bond donors (Lipinski definition) is 1. The van der Waals surface area contributed by atoms with Crippen LogP contribution in [0.1, 0.15) is 16.1 Å². The Bertz CT molecular complexity index is 948. The molecule has 4 rings (SSSR count). The number of hydrogen-bond acceptors (Lipinski definition) is 4. The smallest absolute Gasteiger partial charge is 0.291 e. The van der Waals surface area contributed by atoms with Crippen molar-refractivity contribution in [2.24, 2.45) is 0 Å². The van der Waals surface area contributed by atoms with E-state index < -0.39 is 0 Å². The van der Waals surface area contributed by atoms with Crippen molar-refractivity contribution in [3.05, 3.63) is 52.2 Å². The number of fused-ring (bicyclic) bond motifs is 2. The number of anilines is 1. The van der Waals surface area contributed by atoms with Crippen molar-refractivity contribution in [1.82, 2.24) is 0 Å². The quantitative estimate of drug-likeness (QED) is 0.701. The summed E-state index contributed by atoms with van der Waals surface area (Å²) >= 11 is 3.41. The van der Waals surface area contributed by atoms with Crippen LogP contribution in [0.25, 0.3) is 11.0 Å². The maximum Gasteiger partial charge on any atom is 0.291 e. The van der Waals surface area contributed by atoms with Crippen LogP contribution in [0.15, 0.2) is 45.3 Å². The molecule has 1 amide bonds. The summed E-state index contributed by atoms with van der Waals surface area (Å²) in [6.07, 6.45) is 0. The van der Waals surface area contributed by atoms with E-state index in [2.05, 4.69) is 21.2 Å². The second kappa shape index (κ2) is 5.87. The molecule has 0 atom stereocenters. The van der Waals surface area contributed by atoms with E-state index in [1.54, 1.807) is 6.07 Å². The monoisotopic (exact) mass is 387 g/mol. The van der Waals surface area contributed by atoms with Crippen LogP contribution in [0.2, 0.25) is 0 Å². The van der Waals surface area contributed by atoms with E-state index in [1.165, 1.54) is 0 Å². The molecule has 0 bridgehead atoms. The lowest BCUT2D eigenvalue weighted by atomic mass is 10.1. The van der Waals surface area contributed by atoms with Crippen LogP contribution in [-0.4, -0.2) is 19.1 Å². The predicted octanol–water partition coefficient (Wildman–Crippen LogP) is 4.53. The molecule has 1 aliphatic heterocycles. The van der Waals surface area contributed by atoms with Gasteiger partial charge in [0.25, 0.3) is 5.91 Å². The topological polar surface area (TPSA) is 60.7 Å². The van der Waals surface area contributed by atoms with Crippen LogP contribution in [0.3, 0.4) is 0 Å². The Morgan fingerprint density at radius 3 is 2.88 bits per heavy atom. The van der Waals surface area contributed by atoms with E-state index >= 15 is 0 Å². The number of nitrogens with one attached hydrogen (secondary N) is 1. The number of carbonyl (C=O) groups is 1. The highest BCUT2D eigenvalue weighted by atomic mass is 79.9. The summed E-state index contributed by atoms with van der Waals surface area (Å²) < 4.78 is 17.8. The van der Waals surface area contributed by atoms with Gasteiger partial charge in [-0.25, -0.2) is 0 Å². The molecule has 0 spiro atoms. The van der Waals surface area contributed by atoms with Gasteiger partial charge in [0.05, 0.1) is 5.69 Å². The number of aryl methyl sites for hydroxylation is 1. The zero-order chi connectivity index (χ0) is 16.7. The summed E-state index contributed by atoms with van der Waals surface area (Å²) in [6.45, 7) is 2.83. The van der Waals surface area contributed by atoms with Crippen molar-refractivity contribution in [3.63, 3.8) is 0 Å². The van der Waals surface area contributed by atoms with Crippen LogP contribution < -0.4 is 14.8 Å². The summed E-state index contributed by atoms with van der Waals surface area (Å²) in [5.74, 6) is 1.15. The standard InChI is InChI=1S/C18H14BrNO4/c1-10-12-6-5-11(19)9-15(12)24-16(10)18(21)20-13-3-2-4-14-17(13)23-8-7-22-14/h2-6,9H,7-8H2,1H3,(H,20,21). The van der Waals surface area contributed by atoms with E-state index in [-0.39, 0.29) is 11.7 Å². The lowest BCUT2D eigenvalue weighted by molar-refractivity contribution is 0.0996. The molecule has 0 radical (unpaired) electrons. The molecule has 0 saturated heterocycles. The minimum atomic E-state index is -0.317. The summed E-state index contributed by atoms with van der Waals surface area (Å²) in [6, 6.07) is 11.1. The molecule has 1 aliphatic rings. The maximum atomic E-state index is 12.7. The molecule has 2 heterocycles. The Morgan fingerprint density at radius 2 is 2.00 bits per heavy atom. The fourth-order valence-corrected chi connectivity index (χ4v) is 3.11. The number of ether oxygens (including phenoxy) is 2. The Labute approximate surface area is 146 Å². The summed E-state index contributed by atoms with van der Waals surface area (Å²) in [4.78, 5) is 12.7. The zero-order valence-electron chi connectivity index (χ0n) is 12.9. The van der Waals surface area contributed by atoms with Crippen molar-refractivity contribution in [2.45, 2.75) is 6.92 Å². The van der Waals surface area contributed by atoms with Gasteiger partial charge < -0.3 is 19.2 Å². The van der Waals surface area contributed by atoms with Gasteiger partial charge in [-0.2, -0.15) is 0 Å². The number of amides is 1. The third-order valence-corrected chi connectivity index (χ3v) is 4.41. The fraction of sp³-hybridized carbons (Fsp3) is 0.167. The number of halogens is 1. The number of carbonyl (C=O) groups excluding carboxylic acids is 1. The van der Waals surface area contributed by atoms with Crippen LogP contribution in [0.5, 0.6) is 11.5 Å². The van der Waals surface area contributed by atoms with Crippen molar-refractivity contribution >= 4 is 38.5 Å². The number of para-hydroxylation sites is 1. The molecule has 0 fully saturated rings. The minimum Gasteiger partial charge on any atom is -0.486 e. The van der Waals surface area contributed by atoms with Gasteiger partial charge in [0.2, 0.25) is 0 Å². The first-order valence-electron chi connectivity index (χ1n) is 7.52. The van der Waals surface area contributed by atoms with Gasteiger partial charge in [0.15, 0.2) is 17.3 Å². The van der Waals surface area contributed by atoms with Gasteiger partial charge in [-0.15, -0.1) is 0 Å². The van der Waals surface area contributed by atoms with Crippen LogP contribution >= 0.6 is 15.9 Å². The molecule has 5 nitrogen and oxygen atoms in total. The molecule has 6 heteroatoms. The van der Waals surface area contributed by atoms with Gasteiger partial charge in [0, 0.05) is 15.4 Å². The van der Waals surface area contributed by atoms with E-state index in [0.717, 1.165) is 15.4 Å². The van der Waals surface area contributed by atoms with E-state index in [0.29, 0.717) is 36.0 Å². The lowest BCUT2D eigenvalue weighted by Gasteiger charge is -2.20. The highest BCUT2D eigenvalue weighted by Gasteiger charge is 2.21. The van der Waals surface area contributed by atoms with E-state index in [9.17, 15) is 4.79 Å². The SMILES string of the molecule is Cc1c(C(=O)Nc2cccc3c2OCCO3)oc2cc(Br)ccc12. The first-order chi connectivity index (χ1) is 11.6. The molecular weight excluding hydrogens is 374 g/mol. The predicted molar refractivity (Wildman–Crippen MR) is 94.0 cm³/mol. The molecule has 0 saturated carbocycles. The highest BCUT2D eigenvalue weighted by Crippen LogP contribution is 2.38. The Balaban J connectivity index is 1.69. The molecular formula is C18H14BrNO4. The Morgan fingerprint density at radius 1 is 1.17 bits per heavy atom. The lowest BCUT2D eigenvalue weighted by Crippen LogP contribution is -2.18. The Hall–Kier alpha value is -2.47. The summed E-state index contributed by atoms with van der Waals surface area (Å²) in [5.41, 5.74) is 2.04. The minimum absolute atomic E-state index is 0.289. The average molecular weight is 388 g/mol. The van der Waals surface area contributed by atoms with Gasteiger partial charge in [-0.05, 0) is 37.3 Å². The maximum absolute atomic E-state index is 12.7. The third-order valence-electron chi connectivity index (χ3n) is 3.92. The van der Waals surface area contributed by atoms with Crippen molar-refractivity contribution in [3.8, 4) is 11.5 Å². The van der Waals surface area contributed by atoms with Gasteiger partial charge >= 0.3 is 0 Å². The number of rotatable bonds is 2. The molecule has 0 aliphatic carbocycles. The van der Waals surface area contributed by atoms with E-state index in [4.69, 9.17) is 13.9 Å². The van der Waals surface area contributed by atoms with Crippen molar-refractivity contribution in [1.29, 1.82) is 0 Å². The average Bonchev–Trinajstić information content (AvgIpc) is 2.91. The number of furan rings is 1. The van der Waals surface area contributed by atoms with Crippen molar-refractivity contribution in [2.75, 3.05) is 18.5 Å². The van der Waals surface area contributed by atoms with Gasteiger partial charge in [-0.1, -0.05) is 22.0 Å².